The summed E-state index contributed by atoms with van der Waals surface area (Å²) in [7, 11) is 1.68. The third-order valence-electron chi connectivity index (χ3n) is 3.07. The molecule has 1 aliphatic heterocycles. The van der Waals surface area contributed by atoms with Gasteiger partial charge in [-0.15, -0.1) is 0 Å². The lowest BCUT2D eigenvalue weighted by Crippen LogP contribution is -2.52. The van der Waals surface area contributed by atoms with Crippen LogP contribution in [0.2, 0.25) is 0 Å². The average Bonchev–Trinajstić information content (AvgIpc) is 2.50. The Balaban J connectivity index is 2.09. The minimum atomic E-state index is -1.24. The van der Waals surface area contributed by atoms with Gasteiger partial charge in [0, 0.05) is 7.05 Å². The van der Waals surface area contributed by atoms with E-state index in [1.165, 1.54) is 4.90 Å². The number of aliphatic hydroxyl groups excluding tert-OH is 1. The number of carbonyl (C=O) groups excluding carboxylic acids is 1. The van der Waals surface area contributed by atoms with Crippen molar-refractivity contribution in [2.75, 3.05) is 18.6 Å². The molecule has 0 bridgehead atoms. The highest BCUT2D eigenvalue weighted by atomic mass is 16.6. The Hall–Kier alpha value is -1.63. The maximum Gasteiger partial charge on any atom is 0.247 e. The summed E-state index contributed by atoms with van der Waals surface area (Å²) < 4.78 is 11.0. The molecule has 0 aliphatic carbocycles. The van der Waals surface area contributed by atoms with Gasteiger partial charge in [-0.1, -0.05) is 12.1 Å². The number of nitrogens with zero attached hydrogens (tertiary/aromatic N) is 1. The number of ether oxygens (including phenoxy) is 2. The number of hydrogen-bond acceptors (Lipinski definition) is 5. The Labute approximate surface area is 124 Å². The van der Waals surface area contributed by atoms with Gasteiger partial charge >= 0.3 is 0 Å². The molecule has 1 aromatic rings. The Morgan fingerprint density at radius 2 is 2.10 bits per heavy atom. The SMILES string of the molecule is CN1C(=O)[C@@H](NC(O)OC(C)(C)C)COc2ccccc21. The van der Waals surface area contributed by atoms with E-state index < -0.39 is 18.1 Å². The Morgan fingerprint density at radius 3 is 2.76 bits per heavy atom. The van der Waals surface area contributed by atoms with Crippen molar-refractivity contribution >= 4 is 11.6 Å². The normalized spacial score (nSPS) is 20.5. The topological polar surface area (TPSA) is 71.0 Å². The van der Waals surface area contributed by atoms with Gasteiger partial charge in [0.1, 0.15) is 18.4 Å². The predicted octanol–water partition coefficient (Wildman–Crippen LogP) is 1.09. The van der Waals surface area contributed by atoms with Gasteiger partial charge in [-0.05, 0) is 32.9 Å². The Kier molecular flexibility index (Phi) is 4.51. The molecule has 0 fully saturated rings. The van der Waals surface area contributed by atoms with Crippen LogP contribution in [-0.2, 0) is 9.53 Å². The summed E-state index contributed by atoms with van der Waals surface area (Å²) in [5.41, 5.74) is 0.189. The van der Waals surface area contributed by atoms with Crippen LogP contribution in [0.25, 0.3) is 0 Å². The molecular formula is C15H22N2O4. The second-order valence-electron chi connectivity index (χ2n) is 5.98. The lowest BCUT2D eigenvalue weighted by molar-refractivity contribution is -0.187. The van der Waals surface area contributed by atoms with E-state index in [0.29, 0.717) is 11.4 Å². The van der Waals surface area contributed by atoms with Crippen LogP contribution in [0.1, 0.15) is 20.8 Å². The number of benzene rings is 1. The minimum absolute atomic E-state index is 0.130. The fourth-order valence-corrected chi connectivity index (χ4v) is 2.11. The number of likely N-dealkylation sites (N-methyl/N-ethyl adjacent to an activating group) is 1. The lowest BCUT2D eigenvalue weighted by atomic mass is 10.2. The second kappa shape index (κ2) is 6.01. The number of nitrogens with one attached hydrogen (secondary N) is 1. The number of hydrogen-bond donors (Lipinski definition) is 2. The molecule has 0 radical (unpaired) electrons. The molecule has 1 aliphatic rings. The highest BCUT2D eigenvalue weighted by molar-refractivity contribution is 5.98. The van der Waals surface area contributed by atoms with Gasteiger partial charge in [-0.2, -0.15) is 0 Å². The molecule has 1 unspecified atom stereocenters. The second-order valence-corrected chi connectivity index (χ2v) is 5.98. The van der Waals surface area contributed by atoms with Crippen LogP contribution in [0.15, 0.2) is 24.3 Å². The molecule has 6 nitrogen and oxygen atoms in total. The molecule has 1 amide bonds. The van der Waals surface area contributed by atoms with Gasteiger partial charge < -0.3 is 19.5 Å². The first-order chi connectivity index (χ1) is 9.78. The number of fused-ring (bicyclic) bond motifs is 1. The van der Waals surface area contributed by atoms with Gasteiger partial charge in [-0.3, -0.25) is 10.1 Å². The van der Waals surface area contributed by atoms with E-state index in [4.69, 9.17) is 9.47 Å². The first kappa shape index (κ1) is 15.8. The van der Waals surface area contributed by atoms with E-state index >= 15 is 0 Å². The third kappa shape index (κ3) is 3.93. The molecule has 2 atom stereocenters. The van der Waals surface area contributed by atoms with Crippen molar-refractivity contribution < 1.29 is 19.4 Å². The molecule has 21 heavy (non-hydrogen) atoms. The summed E-state index contributed by atoms with van der Waals surface area (Å²) in [6.07, 6.45) is -1.24. The third-order valence-corrected chi connectivity index (χ3v) is 3.07. The summed E-state index contributed by atoms with van der Waals surface area (Å²) in [5.74, 6) is 0.459. The highest BCUT2D eigenvalue weighted by Gasteiger charge is 2.31. The maximum absolute atomic E-state index is 12.4. The highest BCUT2D eigenvalue weighted by Crippen LogP contribution is 2.29. The van der Waals surface area contributed by atoms with Crippen molar-refractivity contribution in [3.8, 4) is 5.75 Å². The molecule has 116 valence electrons. The summed E-state index contributed by atoms with van der Waals surface area (Å²) in [6.45, 7) is 5.60. The molecule has 0 spiro atoms. The minimum Gasteiger partial charge on any atom is -0.489 e. The molecule has 1 heterocycles. The van der Waals surface area contributed by atoms with Crippen molar-refractivity contribution in [3.05, 3.63) is 24.3 Å². The van der Waals surface area contributed by atoms with E-state index in [0.717, 1.165) is 0 Å². The van der Waals surface area contributed by atoms with E-state index in [2.05, 4.69) is 5.32 Å². The number of carbonyl (C=O) groups is 1. The number of anilines is 1. The van der Waals surface area contributed by atoms with Gasteiger partial charge in [0.05, 0.1) is 11.3 Å². The molecule has 2 N–H and O–H groups in total. The smallest absolute Gasteiger partial charge is 0.247 e. The quantitative estimate of drug-likeness (QED) is 0.817. The standard InChI is InChI=1S/C15H22N2O4/c1-15(2,3)21-14(19)16-10-9-20-12-8-6-5-7-11(12)17(4)13(10)18/h5-8,10,14,16,19H,9H2,1-4H3/t10-,14?/m0/s1. The van der Waals surface area contributed by atoms with Gasteiger partial charge in [-0.25, -0.2) is 0 Å². The molecule has 0 saturated heterocycles. The molecule has 6 heteroatoms. The van der Waals surface area contributed by atoms with Gasteiger partial charge in [0.2, 0.25) is 12.3 Å². The monoisotopic (exact) mass is 294 g/mol. The largest absolute Gasteiger partial charge is 0.489 e. The zero-order valence-corrected chi connectivity index (χ0v) is 12.8. The summed E-state index contributed by atoms with van der Waals surface area (Å²) in [4.78, 5) is 13.9. The zero-order chi connectivity index (χ0) is 15.6. The van der Waals surface area contributed by atoms with Crippen LogP contribution in [-0.4, -0.2) is 42.7 Å². The van der Waals surface area contributed by atoms with Gasteiger partial charge in [0.15, 0.2) is 0 Å². The first-order valence-electron chi connectivity index (χ1n) is 6.89. The van der Waals surface area contributed by atoms with E-state index in [9.17, 15) is 9.90 Å². The fourth-order valence-electron chi connectivity index (χ4n) is 2.11. The van der Waals surface area contributed by atoms with Crippen molar-refractivity contribution in [1.82, 2.24) is 5.32 Å². The summed E-state index contributed by atoms with van der Waals surface area (Å²) in [6, 6.07) is 6.64. The van der Waals surface area contributed by atoms with Crippen LogP contribution in [0.5, 0.6) is 5.75 Å². The number of rotatable bonds is 3. The molecule has 2 rings (SSSR count). The average molecular weight is 294 g/mol. The van der Waals surface area contributed by atoms with Gasteiger partial charge in [0.25, 0.3) is 0 Å². The van der Waals surface area contributed by atoms with Crippen molar-refractivity contribution in [2.45, 2.75) is 38.8 Å². The van der Waals surface area contributed by atoms with Crippen LogP contribution >= 0.6 is 0 Å². The zero-order valence-electron chi connectivity index (χ0n) is 12.8. The first-order valence-corrected chi connectivity index (χ1v) is 6.89. The number of para-hydroxylation sites is 2. The molecule has 0 aromatic heterocycles. The number of amides is 1. The Morgan fingerprint density at radius 1 is 1.43 bits per heavy atom. The summed E-state index contributed by atoms with van der Waals surface area (Å²) in [5, 5.41) is 12.6. The van der Waals surface area contributed by atoms with E-state index in [1.807, 2.05) is 45.0 Å². The van der Waals surface area contributed by atoms with Crippen molar-refractivity contribution in [1.29, 1.82) is 0 Å². The Bertz CT molecular complexity index is 513. The number of aliphatic hydroxyl groups is 1. The fraction of sp³-hybridized carbons (Fsp3) is 0.533. The van der Waals surface area contributed by atoms with Crippen LogP contribution in [0, 0.1) is 0 Å². The van der Waals surface area contributed by atoms with Crippen LogP contribution in [0.3, 0.4) is 0 Å². The van der Waals surface area contributed by atoms with Crippen molar-refractivity contribution in [2.24, 2.45) is 0 Å². The van der Waals surface area contributed by atoms with E-state index in [-0.39, 0.29) is 12.5 Å². The maximum atomic E-state index is 12.4. The summed E-state index contributed by atoms with van der Waals surface area (Å²) >= 11 is 0. The van der Waals surface area contributed by atoms with Crippen LogP contribution < -0.4 is 15.0 Å². The molecule has 0 saturated carbocycles. The van der Waals surface area contributed by atoms with Crippen molar-refractivity contribution in [3.63, 3.8) is 0 Å². The predicted molar refractivity (Wildman–Crippen MR) is 79.1 cm³/mol. The van der Waals surface area contributed by atoms with E-state index in [1.54, 1.807) is 7.05 Å². The molecule has 1 aromatic carbocycles. The van der Waals surface area contributed by atoms with Crippen LogP contribution in [0.4, 0.5) is 5.69 Å². The molecular weight excluding hydrogens is 272 g/mol. The lowest BCUT2D eigenvalue weighted by Gasteiger charge is -2.27.